The Bertz CT molecular complexity index is 252. The van der Waals surface area contributed by atoms with E-state index in [1.807, 2.05) is 30.3 Å². The summed E-state index contributed by atoms with van der Waals surface area (Å²) in [6, 6.07) is 9.32. The Morgan fingerprint density at radius 1 is 1.33 bits per heavy atom. The van der Waals surface area contributed by atoms with E-state index < -0.39 is 11.4 Å². The monoisotopic (exact) mass is 206 g/mol. The van der Waals surface area contributed by atoms with Crippen LogP contribution in [0.1, 0.15) is 5.56 Å². The first-order valence-corrected chi connectivity index (χ1v) is 4.52. The molecule has 0 amide bonds. The van der Waals surface area contributed by atoms with Crippen molar-refractivity contribution in [1.82, 2.24) is 0 Å². The molecule has 0 radical (unpaired) electrons. The van der Waals surface area contributed by atoms with E-state index in [0.717, 1.165) is 5.56 Å². The van der Waals surface area contributed by atoms with E-state index in [9.17, 15) is 4.21 Å². The number of benzene rings is 1. The van der Waals surface area contributed by atoms with E-state index in [0.29, 0.717) is 0 Å². The zero-order chi connectivity index (χ0) is 8.81. The molecule has 12 heavy (non-hydrogen) atoms. The molecule has 0 spiro atoms. The predicted molar refractivity (Wildman–Crippen MR) is 46.3 cm³/mol. The second kappa shape index (κ2) is 5.27. The standard InChI is InChI=1S/C7H7ClO3S/c8-11-12(9)10-6-7-4-2-1-3-5-7/h1-5H,6H2. The quantitative estimate of drug-likeness (QED) is 0.756. The van der Waals surface area contributed by atoms with Crippen molar-refractivity contribution in [3.63, 3.8) is 0 Å². The second-order valence-corrected chi connectivity index (χ2v) is 3.16. The molecule has 1 rings (SSSR count). The highest BCUT2D eigenvalue weighted by Crippen LogP contribution is 2.03. The maximum atomic E-state index is 10.5. The Hall–Kier alpha value is -0.420. The van der Waals surface area contributed by atoms with Crippen LogP contribution in [-0.4, -0.2) is 4.21 Å². The van der Waals surface area contributed by atoms with Crippen molar-refractivity contribution in [3.8, 4) is 0 Å². The van der Waals surface area contributed by atoms with Crippen LogP contribution in [0.3, 0.4) is 0 Å². The molecule has 1 aromatic rings. The van der Waals surface area contributed by atoms with Gasteiger partial charge in [0.25, 0.3) is 0 Å². The third kappa shape index (κ3) is 3.32. The Balaban J connectivity index is 2.38. The van der Waals surface area contributed by atoms with Crippen molar-refractivity contribution >= 4 is 23.2 Å². The molecule has 0 bridgehead atoms. The van der Waals surface area contributed by atoms with Crippen LogP contribution in [0.15, 0.2) is 30.3 Å². The van der Waals surface area contributed by atoms with Crippen molar-refractivity contribution in [2.45, 2.75) is 6.61 Å². The molecule has 1 aromatic carbocycles. The molecule has 1 atom stereocenters. The fourth-order valence-electron chi connectivity index (χ4n) is 0.709. The first-order valence-electron chi connectivity index (χ1n) is 3.21. The van der Waals surface area contributed by atoms with Gasteiger partial charge in [-0.2, -0.15) is 7.94 Å². The zero-order valence-electron chi connectivity index (χ0n) is 6.10. The fourth-order valence-corrected chi connectivity index (χ4v) is 1.09. The van der Waals surface area contributed by atoms with Crippen LogP contribution in [0.25, 0.3) is 0 Å². The third-order valence-electron chi connectivity index (χ3n) is 1.22. The molecule has 1 unspecified atom stereocenters. The maximum absolute atomic E-state index is 10.5. The van der Waals surface area contributed by atoms with Crippen LogP contribution in [0, 0.1) is 0 Å². The zero-order valence-corrected chi connectivity index (χ0v) is 7.68. The molecule has 0 saturated carbocycles. The van der Waals surface area contributed by atoms with Crippen molar-refractivity contribution < 1.29 is 12.1 Å². The van der Waals surface area contributed by atoms with Crippen molar-refractivity contribution in [1.29, 1.82) is 0 Å². The average molecular weight is 207 g/mol. The van der Waals surface area contributed by atoms with E-state index in [1.54, 1.807) is 0 Å². The van der Waals surface area contributed by atoms with Gasteiger partial charge in [0, 0.05) is 0 Å². The maximum Gasteiger partial charge on any atom is 0.322 e. The van der Waals surface area contributed by atoms with Gasteiger partial charge in [0.2, 0.25) is 0 Å². The lowest BCUT2D eigenvalue weighted by molar-refractivity contribution is 0.305. The highest BCUT2D eigenvalue weighted by Gasteiger charge is 1.98. The minimum absolute atomic E-state index is 0.222. The molecule has 0 N–H and O–H groups in total. The average Bonchev–Trinajstić information content (AvgIpc) is 2.16. The minimum Gasteiger partial charge on any atom is -0.263 e. The van der Waals surface area contributed by atoms with Crippen LogP contribution >= 0.6 is 11.9 Å². The first kappa shape index (κ1) is 9.67. The highest BCUT2D eigenvalue weighted by atomic mass is 35.5. The predicted octanol–water partition coefficient (Wildman–Crippen LogP) is 1.95. The van der Waals surface area contributed by atoms with Crippen LogP contribution in [0.2, 0.25) is 0 Å². The van der Waals surface area contributed by atoms with Gasteiger partial charge in [-0.05, 0) is 5.56 Å². The van der Waals surface area contributed by atoms with E-state index in [1.165, 1.54) is 0 Å². The molecule has 0 aliphatic heterocycles. The Morgan fingerprint density at radius 2 is 2.00 bits per heavy atom. The Kier molecular flexibility index (Phi) is 4.24. The smallest absolute Gasteiger partial charge is 0.263 e. The van der Waals surface area contributed by atoms with Crippen LogP contribution in [-0.2, 0) is 25.9 Å². The topological polar surface area (TPSA) is 35.5 Å². The molecule has 0 heterocycles. The fraction of sp³-hybridized carbons (Fsp3) is 0.143. The van der Waals surface area contributed by atoms with Crippen molar-refractivity contribution in [2.75, 3.05) is 0 Å². The third-order valence-corrected chi connectivity index (χ3v) is 1.94. The van der Waals surface area contributed by atoms with Gasteiger partial charge in [0.1, 0.15) is 0 Å². The van der Waals surface area contributed by atoms with Crippen molar-refractivity contribution in [2.24, 2.45) is 0 Å². The van der Waals surface area contributed by atoms with Gasteiger partial charge in [-0.3, -0.25) is 4.18 Å². The van der Waals surface area contributed by atoms with Crippen LogP contribution in [0.5, 0.6) is 0 Å². The summed E-state index contributed by atoms with van der Waals surface area (Å²) in [5.41, 5.74) is 0.916. The molecule has 0 aliphatic rings. The Labute approximate surface area is 78.3 Å². The minimum atomic E-state index is -1.86. The molecule has 0 fully saturated rings. The molecule has 66 valence electrons. The lowest BCUT2D eigenvalue weighted by atomic mass is 10.2. The number of hydrogen-bond donors (Lipinski definition) is 0. The summed E-state index contributed by atoms with van der Waals surface area (Å²) >= 11 is 2.93. The molecule has 0 aromatic heterocycles. The molecular formula is C7H7ClO3S. The number of rotatable bonds is 4. The Morgan fingerprint density at radius 3 is 2.58 bits per heavy atom. The van der Waals surface area contributed by atoms with Crippen LogP contribution < -0.4 is 0 Å². The van der Waals surface area contributed by atoms with Crippen LogP contribution in [0.4, 0.5) is 0 Å². The summed E-state index contributed by atoms with van der Waals surface area (Å²) in [7, 11) is 0. The largest absolute Gasteiger partial charge is 0.322 e. The van der Waals surface area contributed by atoms with Gasteiger partial charge in [0.15, 0.2) is 0 Å². The van der Waals surface area contributed by atoms with Gasteiger partial charge in [-0.15, -0.1) is 0 Å². The van der Waals surface area contributed by atoms with E-state index in [-0.39, 0.29) is 6.61 Å². The molecule has 0 saturated heterocycles. The summed E-state index contributed by atoms with van der Waals surface area (Å²) < 4.78 is 19.1. The van der Waals surface area contributed by atoms with Gasteiger partial charge in [-0.25, -0.2) is 0 Å². The van der Waals surface area contributed by atoms with Gasteiger partial charge < -0.3 is 0 Å². The number of halogens is 1. The summed E-state index contributed by atoms with van der Waals surface area (Å²) in [6.45, 7) is 0.222. The molecular weight excluding hydrogens is 200 g/mol. The lowest BCUT2D eigenvalue weighted by Crippen LogP contribution is -1.96. The van der Waals surface area contributed by atoms with Gasteiger partial charge in [0.05, 0.1) is 18.5 Å². The summed E-state index contributed by atoms with van der Waals surface area (Å²) in [4.78, 5) is 0. The van der Waals surface area contributed by atoms with Gasteiger partial charge >= 0.3 is 11.4 Å². The summed E-state index contributed by atoms with van der Waals surface area (Å²) in [5, 5.41) is 0. The first-order chi connectivity index (χ1) is 5.83. The van der Waals surface area contributed by atoms with E-state index in [4.69, 9.17) is 16.0 Å². The summed E-state index contributed by atoms with van der Waals surface area (Å²) in [5.74, 6) is 0. The van der Waals surface area contributed by atoms with E-state index >= 15 is 0 Å². The van der Waals surface area contributed by atoms with E-state index in [2.05, 4.69) is 3.74 Å². The molecule has 0 aliphatic carbocycles. The lowest BCUT2D eigenvalue weighted by Gasteiger charge is -1.98. The SMILES string of the molecule is O=S(OCl)OCc1ccccc1. The highest BCUT2D eigenvalue weighted by molar-refractivity contribution is 7.75. The molecule has 3 nitrogen and oxygen atoms in total. The molecule has 5 heteroatoms. The summed E-state index contributed by atoms with van der Waals surface area (Å²) in [6.07, 6.45) is 0. The normalized spacial score (nSPS) is 12.8. The van der Waals surface area contributed by atoms with Gasteiger partial charge in [-0.1, -0.05) is 30.3 Å². The van der Waals surface area contributed by atoms with Crippen molar-refractivity contribution in [3.05, 3.63) is 35.9 Å². The number of hydrogen-bond acceptors (Lipinski definition) is 3. The second-order valence-electron chi connectivity index (χ2n) is 2.01.